The molecule has 1 heterocycles. The molecule has 24 heavy (non-hydrogen) atoms. The van der Waals surface area contributed by atoms with Crippen LogP contribution in [0.3, 0.4) is 0 Å². The topological polar surface area (TPSA) is 72.1 Å². The monoisotopic (exact) mass is 324 g/mol. The van der Waals surface area contributed by atoms with E-state index in [2.05, 4.69) is 29.5 Å². The summed E-state index contributed by atoms with van der Waals surface area (Å²) in [6, 6.07) is 5.69. The van der Waals surface area contributed by atoms with E-state index in [1.165, 1.54) is 0 Å². The van der Waals surface area contributed by atoms with Crippen LogP contribution in [0.1, 0.15) is 12.5 Å². The fourth-order valence-corrected chi connectivity index (χ4v) is 2.79. The van der Waals surface area contributed by atoms with Gasteiger partial charge in [0, 0.05) is 47.8 Å². The number of anilines is 1. The highest BCUT2D eigenvalue weighted by Crippen LogP contribution is 2.20. The quantitative estimate of drug-likeness (QED) is 0.751. The Morgan fingerprint density at radius 2 is 2.04 bits per heavy atom. The van der Waals surface area contributed by atoms with Crippen LogP contribution in [0.4, 0.5) is 10.5 Å². The smallest absolute Gasteiger partial charge is 0.318 e. The number of carbonyl (C=O) groups excluding carboxylic acids is 1. The number of aromatic nitrogens is 1. The van der Waals surface area contributed by atoms with Crippen molar-refractivity contribution in [2.75, 3.05) is 12.8 Å². The molecule has 0 aliphatic heterocycles. The standard InChI is InChI=1S/C19H24N4O/c1-6-18-16(9-13(3)22-19(24)21-4)17(11-23(18)5)14-7-12(2)8-15(20)10-14/h6-11H,3,20H2,1-2,4-5H3,(H2,21,22,24)/b16-9-,18-6+. The number of nitrogens with one attached hydrogen (secondary N) is 2. The van der Waals surface area contributed by atoms with E-state index in [-0.39, 0.29) is 6.03 Å². The van der Waals surface area contributed by atoms with Crippen molar-refractivity contribution in [3.05, 3.63) is 52.8 Å². The molecule has 2 aromatic rings. The van der Waals surface area contributed by atoms with Crippen LogP contribution < -0.4 is 26.9 Å². The molecule has 0 saturated carbocycles. The third kappa shape index (κ3) is 3.68. The predicted molar refractivity (Wildman–Crippen MR) is 101 cm³/mol. The summed E-state index contributed by atoms with van der Waals surface area (Å²) < 4.78 is 2.05. The van der Waals surface area contributed by atoms with Crippen LogP contribution in [0.15, 0.2) is 36.7 Å². The summed E-state index contributed by atoms with van der Waals surface area (Å²) in [6.45, 7) is 7.92. The van der Waals surface area contributed by atoms with Gasteiger partial charge in [0.2, 0.25) is 0 Å². The average molecular weight is 324 g/mol. The molecule has 126 valence electrons. The molecule has 0 unspecified atom stereocenters. The second kappa shape index (κ2) is 7.08. The van der Waals surface area contributed by atoms with Gasteiger partial charge < -0.3 is 20.9 Å². The number of nitrogens with two attached hydrogens (primary N) is 1. The van der Waals surface area contributed by atoms with Crippen molar-refractivity contribution in [3.63, 3.8) is 0 Å². The Labute approximate surface area is 142 Å². The molecule has 0 radical (unpaired) electrons. The molecule has 2 rings (SSSR count). The predicted octanol–water partition coefficient (Wildman–Crippen LogP) is 1.61. The van der Waals surface area contributed by atoms with Gasteiger partial charge in [-0.05, 0) is 43.2 Å². The number of aryl methyl sites for hydroxylation is 2. The molecule has 4 N–H and O–H groups in total. The number of urea groups is 1. The molecule has 0 spiro atoms. The number of nitrogen functional groups attached to an aromatic ring is 1. The largest absolute Gasteiger partial charge is 0.399 e. The molecule has 1 aromatic heterocycles. The lowest BCUT2D eigenvalue weighted by molar-refractivity contribution is 0.245. The molecule has 0 bridgehead atoms. The lowest BCUT2D eigenvalue weighted by atomic mass is 10.0. The lowest BCUT2D eigenvalue weighted by Gasteiger charge is -2.05. The molecular formula is C19H24N4O. The molecule has 0 aliphatic rings. The Kier molecular flexibility index (Phi) is 5.14. The summed E-state index contributed by atoms with van der Waals surface area (Å²) in [5.41, 5.74) is 10.4. The third-order valence-corrected chi connectivity index (χ3v) is 3.77. The molecule has 5 heteroatoms. The Bertz CT molecular complexity index is 886. The van der Waals surface area contributed by atoms with E-state index in [0.29, 0.717) is 5.70 Å². The van der Waals surface area contributed by atoms with Crippen LogP contribution in [0.25, 0.3) is 23.3 Å². The van der Waals surface area contributed by atoms with Gasteiger partial charge in [-0.3, -0.25) is 0 Å². The molecule has 0 fully saturated rings. The van der Waals surface area contributed by atoms with Crippen LogP contribution >= 0.6 is 0 Å². The molecule has 2 amide bonds. The number of hydrogen-bond donors (Lipinski definition) is 3. The third-order valence-electron chi connectivity index (χ3n) is 3.77. The lowest BCUT2D eigenvalue weighted by Crippen LogP contribution is -2.33. The first-order valence-electron chi connectivity index (χ1n) is 7.74. The van der Waals surface area contributed by atoms with Crippen molar-refractivity contribution in [3.8, 4) is 11.1 Å². The molecule has 0 saturated heterocycles. The summed E-state index contributed by atoms with van der Waals surface area (Å²) in [4.78, 5) is 11.5. The number of benzene rings is 1. The zero-order valence-corrected chi connectivity index (χ0v) is 14.6. The molecular weight excluding hydrogens is 300 g/mol. The van der Waals surface area contributed by atoms with E-state index < -0.39 is 0 Å². The Balaban J connectivity index is 2.66. The van der Waals surface area contributed by atoms with Crippen LogP contribution in [-0.4, -0.2) is 17.6 Å². The number of amides is 2. The van der Waals surface area contributed by atoms with Crippen molar-refractivity contribution >= 4 is 23.9 Å². The fourth-order valence-electron chi connectivity index (χ4n) is 2.79. The normalized spacial score (nSPS) is 12.3. The molecule has 1 aromatic carbocycles. The number of nitrogens with zero attached hydrogens (tertiary/aromatic N) is 1. The molecule has 0 aliphatic carbocycles. The number of rotatable bonds is 3. The summed E-state index contributed by atoms with van der Waals surface area (Å²) in [5, 5.41) is 7.25. The Hall–Kier alpha value is -2.95. The number of hydrogen-bond acceptors (Lipinski definition) is 2. The average Bonchev–Trinajstić information content (AvgIpc) is 2.81. The first-order chi connectivity index (χ1) is 11.3. The summed E-state index contributed by atoms with van der Waals surface area (Å²) in [7, 11) is 3.56. The fraction of sp³-hybridized carbons (Fsp3) is 0.211. The second-order valence-electron chi connectivity index (χ2n) is 5.75. The highest BCUT2D eigenvalue weighted by molar-refractivity contribution is 5.78. The van der Waals surface area contributed by atoms with Crippen molar-refractivity contribution in [2.45, 2.75) is 13.8 Å². The van der Waals surface area contributed by atoms with Crippen molar-refractivity contribution < 1.29 is 4.79 Å². The van der Waals surface area contributed by atoms with Crippen LogP contribution in [-0.2, 0) is 7.05 Å². The van der Waals surface area contributed by atoms with Gasteiger partial charge in [-0.25, -0.2) is 4.79 Å². The van der Waals surface area contributed by atoms with E-state index in [9.17, 15) is 4.79 Å². The van der Waals surface area contributed by atoms with Gasteiger partial charge in [0.1, 0.15) is 0 Å². The Morgan fingerprint density at radius 1 is 1.33 bits per heavy atom. The first kappa shape index (κ1) is 17.4. The summed E-state index contributed by atoms with van der Waals surface area (Å²) in [6.07, 6.45) is 5.96. The zero-order valence-electron chi connectivity index (χ0n) is 14.6. The maximum absolute atomic E-state index is 11.5. The Morgan fingerprint density at radius 3 is 2.62 bits per heavy atom. The van der Waals surface area contributed by atoms with Gasteiger partial charge in [0.05, 0.1) is 0 Å². The van der Waals surface area contributed by atoms with Crippen molar-refractivity contribution in [1.29, 1.82) is 0 Å². The molecule has 0 atom stereocenters. The van der Waals surface area contributed by atoms with Crippen LogP contribution in [0, 0.1) is 6.92 Å². The maximum Gasteiger partial charge on any atom is 0.318 e. The SMILES string of the molecule is C=C(/C=c1/c(-c2cc(C)cc(N)c2)cn(C)/c1=C/C)NC(=O)NC. The van der Waals surface area contributed by atoms with Crippen LogP contribution in [0.2, 0.25) is 0 Å². The van der Waals surface area contributed by atoms with Gasteiger partial charge >= 0.3 is 6.03 Å². The highest BCUT2D eigenvalue weighted by Gasteiger charge is 2.08. The summed E-state index contributed by atoms with van der Waals surface area (Å²) >= 11 is 0. The van der Waals surface area contributed by atoms with E-state index >= 15 is 0 Å². The first-order valence-corrected chi connectivity index (χ1v) is 7.74. The minimum atomic E-state index is -0.296. The van der Waals surface area contributed by atoms with E-state index in [1.807, 2.05) is 49.7 Å². The van der Waals surface area contributed by atoms with Crippen molar-refractivity contribution in [2.24, 2.45) is 7.05 Å². The zero-order chi connectivity index (χ0) is 17.9. The number of allylic oxidation sites excluding steroid dienone is 1. The van der Waals surface area contributed by atoms with E-state index in [1.54, 1.807) is 7.05 Å². The summed E-state index contributed by atoms with van der Waals surface area (Å²) in [5.74, 6) is 0. The van der Waals surface area contributed by atoms with E-state index in [4.69, 9.17) is 5.73 Å². The molecule has 5 nitrogen and oxygen atoms in total. The van der Waals surface area contributed by atoms with Gasteiger partial charge in [-0.15, -0.1) is 0 Å². The van der Waals surface area contributed by atoms with E-state index in [0.717, 1.165) is 32.9 Å². The minimum absolute atomic E-state index is 0.296. The number of carbonyl (C=O) groups is 1. The minimum Gasteiger partial charge on any atom is -0.399 e. The van der Waals surface area contributed by atoms with Crippen LogP contribution in [0.5, 0.6) is 0 Å². The highest BCUT2D eigenvalue weighted by atomic mass is 16.2. The van der Waals surface area contributed by atoms with Gasteiger partial charge in [-0.1, -0.05) is 18.7 Å². The van der Waals surface area contributed by atoms with Gasteiger partial charge in [0.25, 0.3) is 0 Å². The van der Waals surface area contributed by atoms with Gasteiger partial charge in [0.15, 0.2) is 0 Å². The second-order valence-corrected chi connectivity index (χ2v) is 5.75. The van der Waals surface area contributed by atoms with Crippen molar-refractivity contribution in [1.82, 2.24) is 15.2 Å². The maximum atomic E-state index is 11.5. The van der Waals surface area contributed by atoms with Gasteiger partial charge in [-0.2, -0.15) is 0 Å².